The number of carbonyl (C=O) groups excluding carboxylic acids is 1. The zero-order valence-electron chi connectivity index (χ0n) is 10.3. The maximum atomic E-state index is 11.5. The van der Waals surface area contributed by atoms with Crippen LogP contribution in [-0.2, 0) is 14.3 Å². The van der Waals surface area contributed by atoms with E-state index in [1.165, 1.54) is 13.2 Å². The van der Waals surface area contributed by atoms with Crippen molar-refractivity contribution in [2.75, 3.05) is 13.7 Å². The van der Waals surface area contributed by atoms with E-state index in [4.69, 9.17) is 9.84 Å². The van der Waals surface area contributed by atoms with Crippen LogP contribution in [0.25, 0.3) is 6.08 Å². The number of aliphatic carboxylic acids is 1. The standard InChI is InChI=1S/C13H14BrNO4/c1-19-8-11(13(17)18)15-12(16)7-4-9-2-5-10(14)6-3-9/h2-7,11H,8H2,1H3,(H,15,16)(H,17,18)/b7-4+. The van der Waals surface area contributed by atoms with Crippen molar-refractivity contribution in [3.63, 3.8) is 0 Å². The molecule has 0 saturated heterocycles. The predicted octanol–water partition coefficient (Wildman–Crippen LogP) is 1.68. The fraction of sp³-hybridized carbons (Fsp3) is 0.231. The molecular formula is C13H14BrNO4. The van der Waals surface area contributed by atoms with E-state index in [0.29, 0.717) is 0 Å². The van der Waals surface area contributed by atoms with E-state index in [1.54, 1.807) is 6.08 Å². The van der Waals surface area contributed by atoms with Crippen LogP contribution in [0.2, 0.25) is 0 Å². The summed E-state index contributed by atoms with van der Waals surface area (Å²) in [6.45, 7) is -0.0762. The smallest absolute Gasteiger partial charge is 0.328 e. The summed E-state index contributed by atoms with van der Waals surface area (Å²) in [6, 6.07) is 6.31. The Bertz CT molecular complexity index is 470. The normalized spacial score (nSPS) is 12.3. The van der Waals surface area contributed by atoms with Crippen LogP contribution in [-0.4, -0.2) is 36.7 Å². The van der Waals surface area contributed by atoms with Crippen molar-refractivity contribution in [1.29, 1.82) is 0 Å². The van der Waals surface area contributed by atoms with Gasteiger partial charge in [-0.15, -0.1) is 0 Å². The zero-order valence-corrected chi connectivity index (χ0v) is 11.9. The summed E-state index contributed by atoms with van der Waals surface area (Å²) in [6.07, 6.45) is 2.89. The van der Waals surface area contributed by atoms with Crippen LogP contribution in [0.5, 0.6) is 0 Å². The van der Waals surface area contributed by atoms with Gasteiger partial charge in [0.15, 0.2) is 6.04 Å². The number of hydrogen-bond donors (Lipinski definition) is 2. The molecule has 6 heteroatoms. The lowest BCUT2D eigenvalue weighted by molar-refractivity contribution is -0.142. The second kappa shape index (κ2) is 7.70. The monoisotopic (exact) mass is 327 g/mol. The fourth-order valence-corrected chi connectivity index (χ4v) is 1.57. The summed E-state index contributed by atoms with van der Waals surface area (Å²) in [7, 11) is 1.37. The first-order valence-electron chi connectivity index (χ1n) is 5.49. The fourth-order valence-electron chi connectivity index (χ4n) is 1.31. The van der Waals surface area contributed by atoms with Gasteiger partial charge in [-0.05, 0) is 23.8 Å². The molecule has 5 nitrogen and oxygen atoms in total. The molecule has 0 radical (unpaired) electrons. The molecule has 0 aromatic heterocycles. The van der Waals surface area contributed by atoms with Gasteiger partial charge in [-0.25, -0.2) is 4.79 Å². The Labute approximate surface area is 119 Å². The number of hydrogen-bond acceptors (Lipinski definition) is 3. The van der Waals surface area contributed by atoms with Gasteiger partial charge in [0.25, 0.3) is 0 Å². The molecule has 1 aromatic carbocycles. The molecule has 1 aromatic rings. The summed E-state index contributed by atoms with van der Waals surface area (Å²) < 4.78 is 5.66. The Balaban J connectivity index is 2.58. The molecule has 0 fully saturated rings. The molecule has 1 unspecified atom stereocenters. The maximum Gasteiger partial charge on any atom is 0.328 e. The lowest BCUT2D eigenvalue weighted by Crippen LogP contribution is -2.43. The zero-order chi connectivity index (χ0) is 14.3. The Morgan fingerprint density at radius 1 is 1.42 bits per heavy atom. The van der Waals surface area contributed by atoms with E-state index in [2.05, 4.69) is 21.2 Å². The lowest BCUT2D eigenvalue weighted by atomic mass is 10.2. The van der Waals surface area contributed by atoms with Crippen molar-refractivity contribution < 1.29 is 19.4 Å². The Morgan fingerprint density at radius 2 is 2.05 bits per heavy atom. The van der Waals surface area contributed by atoms with Gasteiger partial charge in [0.2, 0.25) is 5.91 Å². The van der Waals surface area contributed by atoms with E-state index in [-0.39, 0.29) is 6.61 Å². The van der Waals surface area contributed by atoms with E-state index in [0.717, 1.165) is 10.0 Å². The minimum atomic E-state index is -1.13. The van der Waals surface area contributed by atoms with Crippen molar-refractivity contribution in [2.45, 2.75) is 6.04 Å². The van der Waals surface area contributed by atoms with Crippen molar-refractivity contribution in [3.8, 4) is 0 Å². The van der Waals surface area contributed by atoms with Gasteiger partial charge in [-0.3, -0.25) is 4.79 Å². The van der Waals surface area contributed by atoms with Crippen LogP contribution in [0.1, 0.15) is 5.56 Å². The number of amides is 1. The molecule has 1 rings (SSSR count). The number of halogens is 1. The van der Waals surface area contributed by atoms with Gasteiger partial charge >= 0.3 is 5.97 Å². The molecule has 0 aliphatic heterocycles. The van der Waals surface area contributed by atoms with Gasteiger partial charge < -0.3 is 15.2 Å². The van der Waals surface area contributed by atoms with Gasteiger partial charge in [0, 0.05) is 17.7 Å². The number of methoxy groups -OCH3 is 1. The maximum absolute atomic E-state index is 11.5. The molecule has 1 amide bonds. The quantitative estimate of drug-likeness (QED) is 0.779. The molecule has 0 saturated carbocycles. The highest BCUT2D eigenvalue weighted by atomic mass is 79.9. The van der Waals surface area contributed by atoms with E-state index in [1.807, 2.05) is 24.3 Å². The van der Waals surface area contributed by atoms with Gasteiger partial charge in [0.1, 0.15) is 0 Å². The van der Waals surface area contributed by atoms with Crippen LogP contribution in [0.4, 0.5) is 0 Å². The first-order valence-corrected chi connectivity index (χ1v) is 6.28. The Kier molecular flexibility index (Phi) is 6.24. The van der Waals surface area contributed by atoms with E-state index < -0.39 is 17.9 Å². The minimum absolute atomic E-state index is 0.0762. The number of benzene rings is 1. The highest BCUT2D eigenvalue weighted by Gasteiger charge is 2.18. The third-order valence-corrected chi connectivity index (χ3v) is 2.77. The van der Waals surface area contributed by atoms with Crippen molar-refractivity contribution in [2.24, 2.45) is 0 Å². The number of rotatable bonds is 6. The number of carboxylic acids is 1. The third-order valence-electron chi connectivity index (χ3n) is 2.25. The second-order valence-corrected chi connectivity index (χ2v) is 4.66. The number of carbonyl (C=O) groups is 2. The molecule has 0 spiro atoms. The van der Waals surface area contributed by atoms with Crippen LogP contribution < -0.4 is 5.32 Å². The average molecular weight is 328 g/mol. The van der Waals surface area contributed by atoms with Crippen LogP contribution in [0.15, 0.2) is 34.8 Å². The number of nitrogens with one attached hydrogen (secondary N) is 1. The molecule has 0 aliphatic rings. The summed E-state index contributed by atoms with van der Waals surface area (Å²) in [5.41, 5.74) is 0.844. The molecule has 0 heterocycles. The third kappa shape index (κ3) is 5.67. The Hall–Kier alpha value is -1.66. The lowest BCUT2D eigenvalue weighted by Gasteiger charge is -2.11. The number of ether oxygens (including phenoxy) is 1. The molecule has 19 heavy (non-hydrogen) atoms. The van der Waals surface area contributed by atoms with Gasteiger partial charge in [0.05, 0.1) is 6.61 Å². The van der Waals surface area contributed by atoms with Gasteiger partial charge in [-0.1, -0.05) is 28.1 Å². The molecule has 1 atom stereocenters. The molecule has 102 valence electrons. The highest BCUT2D eigenvalue weighted by Crippen LogP contribution is 2.11. The van der Waals surface area contributed by atoms with Crippen LogP contribution >= 0.6 is 15.9 Å². The first-order chi connectivity index (χ1) is 9.02. The SMILES string of the molecule is COCC(NC(=O)/C=C/c1ccc(Br)cc1)C(=O)O. The van der Waals surface area contributed by atoms with Crippen LogP contribution in [0, 0.1) is 0 Å². The second-order valence-electron chi connectivity index (χ2n) is 3.74. The summed E-state index contributed by atoms with van der Waals surface area (Å²) in [4.78, 5) is 22.4. The minimum Gasteiger partial charge on any atom is -0.480 e. The van der Waals surface area contributed by atoms with Crippen molar-refractivity contribution >= 4 is 33.9 Å². The van der Waals surface area contributed by atoms with E-state index >= 15 is 0 Å². The molecular weight excluding hydrogens is 314 g/mol. The summed E-state index contributed by atoms with van der Waals surface area (Å²) in [5, 5.41) is 11.2. The summed E-state index contributed by atoms with van der Waals surface area (Å²) >= 11 is 3.31. The van der Waals surface area contributed by atoms with Crippen molar-refractivity contribution in [3.05, 3.63) is 40.4 Å². The predicted molar refractivity (Wildman–Crippen MR) is 74.6 cm³/mol. The number of carboxylic acid groups (broad SMARTS) is 1. The molecule has 2 N–H and O–H groups in total. The van der Waals surface area contributed by atoms with Crippen LogP contribution in [0.3, 0.4) is 0 Å². The van der Waals surface area contributed by atoms with Gasteiger partial charge in [-0.2, -0.15) is 0 Å². The van der Waals surface area contributed by atoms with Crippen molar-refractivity contribution in [1.82, 2.24) is 5.32 Å². The average Bonchev–Trinajstić information content (AvgIpc) is 2.37. The first kappa shape index (κ1) is 15.4. The molecule has 0 aliphatic carbocycles. The topological polar surface area (TPSA) is 75.6 Å². The van der Waals surface area contributed by atoms with E-state index in [9.17, 15) is 9.59 Å². The Morgan fingerprint density at radius 3 is 2.58 bits per heavy atom. The summed E-state index contributed by atoms with van der Waals surface area (Å²) in [5.74, 6) is -1.61. The highest BCUT2D eigenvalue weighted by molar-refractivity contribution is 9.10. The largest absolute Gasteiger partial charge is 0.480 e. The molecule has 0 bridgehead atoms.